The first-order valence-electron chi connectivity index (χ1n) is 7.57. The Bertz CT molecular complexity index is 566. The Labute approximate surface area is 146 Å². The van der Waals surface area contributed by atoms with Crippen molar-refractivity contribution in [3.8, 4) is 0 Å². The van der Waals surface area contributed by atoms with Gasteiger partial charge in [-0.1, -0.05) is 32.0 Å². The molecule has 8 heteroatoms. The van der Waals surface area contributed by atoms with Gasteiger partial charge in [-0.15, -0.1) is 0 Å². The Morgan fingerprint density at radius 3 is 2.25 bits per heavy atom. The fourth-order valence-electron chi connectivity index (χ4n) is 1.95. The van der Waals surface area contributed by atoms with Crippen molar-refractivity contribution in [2.75, 3.05) is 17.6 Å². The third-order valence-electron chi connectivity index (χ3n) is 3.29. The van der Waals surface area contributed by atoms with E-state index in [0.717, 1.165) is 5.69 Å². The van der Waals surface area contributed by atoms with Crippen molar-refractivity contribution < 1.29 is 19.5 Å². The second-order valence-corrected chi connectivity index (χ2v) is 5.96. The van der Waals surface area contributed by atoms with Crippen LogP contribution in [-0.4, -0.2) is 47.3 Å². The molecule has 0 aliphatic heterocycles. The summed E-state index contributed by atoms with van der Waals surface area (Å²) < 4.78 is 0. The summed E-state index contributed by atoms with van der Waals surface area (Å²) >= 11 is 4.05. The highest BCUT2D eigenvalue weighted by Gasteiger charge is 2.27. The number of rotatable bonds is 9. The number of carbonyl (C=O) groups is 3. The zero-order valence-corrected chi connectivity index (χ0v) is 14.5. The van der Waals surface area contributed by atoms with Crippen molar-refractivity contribution in [3.63, 3.8) is 0 Å². The van der Waals surface area contributed by atoms with E-state index < -0.39 is 24.0 Å². The molecule has 2 atom stereocenters. The van der Waals surface area contributed by atoms with Gasteiger partial charge in [0.2, 0.25) is 11.8 Å². The molecule has 2 amide bonds. The van der Waals surface area contributed by atoms with E-state index in [0.29, 0.717) is 0 Å². The van der Waals surface area contributed by atoms with Crippen LogP contribution in [0.2, 0.25) is 0 Å². The lowest BCUT2D eigenvalue weighted by Crippen LogP contribution is -2.54. The largest absolute Gasteiger partial charge is 0.480 e. The smallest absolute Gasteiger partial charge is 0.326 e. The van der Waals surface area contributed by atoms with E-state index in [1.54, 1.807) is 13.8 Å². The molecule has 7 nitrogen and oxygen atoms in total. The lowest BCUT2D eigenvalue weighted by atomic mass is 10.0. The number of carboxylic acids is 1. The summed E-state index contributed by atoms with van der Waals surface area (Å²) in [5, 5.41) is 17.0. The van der Waals surface area contributed by atoms with E-state index in [-0.39, 0.29) is 24.1 Å². The summed E-state index contributed by atoms with van der Waals surface area (Å²) in [6.07, 6.45) is 0. The van der Waals surface area contributed by atoms with Crippen LogP contribution in [0.25, 0.3) is 0 Å². The van der Waals surface area contributed by atoms with Crippen molar-refractivity contribution in [1.29, 1.82) is 0 Å². The Balaban J connectivity index is 2.54. The monoisotopic (exact) mass is 353 g/mol. The Morgan fingerprint density at radius 1 is 1.12 bits per heavy atom. The second-order valence-electron chi connectivity index (χ2n) is 5.59. The van der Waals surface area contributed by atoms with E-state index >= 15 is 0 Å². The minimum absolute atomic E-state index is 0.00584. The average Bonchev–Trinajstić information content (AvgIpc) is 2.55. The van der Waals surface area contributed by atoms with Gasteiger partial charge in [-0.25, -0.2) is 4.79 Å². The second kappa shape index (κ2) is 9.82. The molecular weight excluding hydrogens is 330 g/mol. The predicted octanol–water partition coefficient (Wildman–Crippen LogP) is 0.738. The molecule has 0 aliphatic rings. The summed E-state index contributed by atoms with van der Waals surface area (Å²) in [6.45, 7) is 3.38. The zero-order chi connectivity index (χ0) is 18.1. The zero-order valence-electron chi connectivity index (χ0n) is 13.7. The summed E-state index contributed by atoms with van der Waals surface area (Å²) in [5.41, 5.74) is 0.783. The third-order valence-corrected chi connectivity index (χ3v) is 3.66. The molecule has 0 spiro atoms. The molecule has 0 saturated carbocycles. The average molecular weight is 353 g/mol. The van der Waals surface area contributed by atoms with Crippen LogP contribution in [0.15, 0.2) is 30.3 Å². The van der Waals surface area contributed by atoms with Gasteiger partial charge in [-0.3, -0.25) is 9.59 Å². The minimum Gasteiger partial charge on any atom is -0.480 e. The fraction of sp³-hybridized carbons (Fsp3) is 0.438. The maximum atomic E-state index is 12.1. The SMILES string of the molecule is CC(C)[C@@H](NC(=O)[C@H](CS)NC(=O)CNc1ccccc1)C(=O)O. The van der Waals surface area contributed by atoms with Crippen LogP contribution in [0.5, 0.6) is 0 Å². The number of carboxylic acid groups (broad SMARTS) is 1. The Hall–Kier alpha value is -2.22. The summed E-state index contributed by atoms with van der Waals surface area (Å²) in [6, 6.07) is 7.25. The number of nitrogens with one attached hydrogen (secondary N) is 3. The predicted molar refractivity (Wildman–Crippen MR) is 95.1 cm³/mol. The van der Waals surface area contributed by atoms with E-state index in [2.05, 4.69) is 28.6 Å². The van der Waals surface area contributed by atoms with Gasteiger partial charge in [0.25, 0.3) is 0 Å². The van der Waals surface area contributed by atoms with Crippen LogP contribution in [0.3, 0.4) is 0 Å². The molecule has 0 fully saturated rings. The molecule has 1 aromatic carbocycles. The van der Waals surface area contributed by atoms with Gasteiger partial charge in [0.1, 0.15) is 12.1 Å². The number of benzene rings is 1. The summed E-state index contributed by atoms with van der Waals surface area (Å²) in [4.78, 5) is 35.2. The molecule has 0 radical (unpaired) electrons. The van der Waals surface area contributed by atoms with Gasteiger partial charge in [0, 0.05) is 11.4 Å². The highest BCUT2D eigenvalue weighted by Crippen LogP contribution is 2.04. The van der Waals surface area contributed by atoms with E-state index in [1.165, 1.54) is 0 Å². The molecule has 0 unspecified atom stereocenters. The number of aliphatic carboxylic acids is 1. The molecule has 0 saturated heterocycles. The minimum atomic E-state index is -1.12. The van der Waals surface area contributed by atoms with Crippen LogP contribution in [-0.2, 0) is 14.4 Å². The quantitative estimate of drug-likeness (QED) is 0.421. The number of amides is 2. The van der Waals surface area contributed by atoms with Gasteiger partial charge in [0.05, 0.1) is 6.54 Å². The number of hydrogen-bond donors (Lipinski definition) is 5. The normalized spacial score (nSPS) is 13.0. The standard InChI is InChI=1S/C16H23N3O4S/c1-10(2)14(16(22)23)19-15(21)12(9-24)18-13(20)8-17-11-6-4-3-5-7-11/h3-7,10,12,14,17,24H,8-9H2,1-2H3,(H,18,20)(H,19,21)(H,22,23)/t12-,14+/m0/s1. The fourth-order valence-corrected chi connectivity index (χ4v) is 2.20. The maximum Gasteiger partial charge on any atom is 0.326 e. The highest BCUT2D eigenvalue weighted by atomic mass is 32.1. The van der Waals surface area contributed by atoms with Gasteiger partial charge >= 0.3 is 5.97 Å². The molecule has 0 aliphatic carbocycles. The molecule has 0 aromatic heterocycles. The van der Waals surface area contributed by atoms with Crippen LogP contribution in [0.1, 0.15) is 13.8 Å². The van der Waals surface area contributed by atoms with Gasteiger partial charge in [-0.05, 0) is 18.1 Å². The van der Waals surface area contributed by atoms with Crippen LogP contribution < -0.4 is 16.0 Å². The first-order chi connectivity index (χ1) is 11.3. The van der Waals surface area contributed by atoms with Crippen LogP contribution in [0, 0.1) is 5.92 Å². The van der Waals surface area contributed by atoms with Crippen molar-refractivity contribution in [3.05, 3.63) is 30.3 Å². The molecule has 0 bridgehead atoms. The Morgan fingerprint density at radius 2 is 1.75 bits per heavy atom. The molecule has 24 heavy (non-hydrogen) atoms. The van der Waals surface area contributed by atoms with Gasteiger partial charge in [-0.2, -0.15) is 12.6 Å². The number of anilines is 1. The van der Waals surface area contributed by atoms with Crippen molar-refractivity contribution in [1.82, 2.24) is 10.6 Å². The van der Waals surface area contributed by atoms with E-state index in [9.17, 15) is 14.4 Å². The number of hydrogen-bond acceptors (Lipinski definition) is 5. The number of para-hydroxylation sites is 1. The van der Waals surface area contributed by atoms with Gasteiger partial charge in [0.15, 0.2) is 0 Å². The van der Waals surface area contributed by atoms with Crippen LogP contribution in [0.4, 0.5) is 5.69 Å². The van der Waals surface area contributed by atoms with E-state index in [1.807, 2.05) is 30.3 Å². The molecule has 1 rings (SSSR count). The lowest BCUT2D eigenvalue weighted by molar-refractivity contribution is -0.143. The van der Waals surface area contributed by atoms with Crippen LogP contribution >= 0.6 is 12.6 Å². The number of carbonyl (C=O) groups excluding carboxylic acids is 2. The third kappa shape index (κ3) is 6.49. The molecule has 0 heterocycles. The lowest BCUT2D eigenvalue weighted by Gasteiger charge is -2.22. The topological polar surface area (TPSA) is 108 Å². The molecule has 132 valence electrons. The first-order valence-corrected chi connectivity index (χ1v) is 8.20. The molecular formula is C16H23N3O4S. The Kier molecular flexibility index (Phi) is 8.11. The van der Waals surface area contributed by atoms with E-state index in [4.69, 9.17) is 5.11 Å². The molecule has 1 aromatic rings. The maximum absolute atomic E-state index is 12.1. The van der Waals surface area contributed by atoms with Crippen molar-refractivity contribution >= 4 is 36.1 Å². The molecule has 4 N–H and O–H groups in total. The number of thiol groups is 1. The summed E-state index contributed by atoms with van der Waals surface area (Å²) in [7, 11) is 0. The van der Waals surface area contributed by atoms with Gasteiger partial charge < -0.3 is 21.1 Å². The highest BCUT2D eigenvalue weighted by molar-refractivity contribution is 7.80. The van der Waals surface area contributed by atoms with Crippen molar-refractivity contribution in [2.24, 2.45) is 5.92 Å². The van der Waals surface area contributed by atoms with Crippen molar-refractivity contribution in [2.45, 2.75) is 25.9 Å². The first kappa shape index (κ1) is 19.8. The summed E-state index contributed by atoms with van der Waals surface area (Å²) in [5.74, 6) is -2.28.